The van der Waals surface area contributed by atoms with Crippen molar-refractivity contribution in [1.29, 1.82) is 5.26 Å². The third-order valence-corrected chi connectivity index (χ3v) is 12.1. The molecule has 4 N–H and O–H groups in total. The summed E-state index contributed by atoms with van der Waals surface area (Å²) in [6.45, 7) is 3.83. The summed E-state index contributed by atoms with van der Waals surface area (Å²) in [5.41, 5.74) is -1.45. The Bertz CT molecular complexity index is 1400. The average Bonchev–Trinajstić information content (AvgIpc) is 3.70. The zero-order chi connectivity index (χ0) is 32.1. The molecule has 7 atom stereocenters. The van der Waals surface area contributed by atoms with E-state index in [1.54, 1.807) is 13.0 Å². The number of carboxylic acid groups (broad SMARTS) is 1. The standard InChI is InChI=1S/C35H47N3O7/c1-4-34(16-20-7-12-35(43,17-20)19-34)38-31(40)28-21-5-6-22(13-21)29(28)37-30(39)25-15-26(23(18-36)14-27(25)44-3)45-24-8-10-33(2,11-9-24)32(41)42/h14-15,20-22,24,28-29,43H,4-13,16-17,19H2,1-3H3,(H,37,39)(H,38,40)(H,41,42)/t20?,21-,22+,24-,28+,29-,33+,34-,35-/m1/s1. The summed E-state index contributed by atoms with van der Waals surface area (Å²) in [7, 11) is 1.45. The Morgan fingerprint density at radius 2 is 1.78 bits per heavy atom. The zero-order valence-corrected chi connectivity index (χ0v) is 26.7. The van der Waals surface area contributed by atoms with Gasteiger partial charge in [-0.05, 0) is 114 Å². The van der Waals surface area contributed by atoms with E-state index in [1.165, 1.54) is 13.2 Å². The van der Waals surface area contributed by atoms with Gasteiger partial charge >= 0.3 is 5.97 Å². The Labute approximate surface area is 265 Å². The largest absolute Gasteiger partial charge is 0.496 e. The maximum Gasteiger partial charge on any atom is 0.309 e. The Morgan fingerprint density at radius 1 is 1.04 bits per heavy atom. The van der Waals surface area contributed by atoms with E-state index in [2.05, 4.69) is 23.6 Å². The molecule has 10 heteroatoms. The Kier molecular flexibility index (Phi) is 8.30. The molecule has 1 aromatic rings. The molecule has 45 heavy (non-hydrogen) atoms. The molecule has 0 aliphatic heterocycles. The summed E-state index contributed by atoms with van der Waals surface area (Å²) >= 11 is 0. The van der Waals surface area contributed by atoms with Crippen molar-refractivity contribution in [2.24, 2.45) is 29.1 Å². The van der Waals surface area contributed by atoms with E-state index in [-0.39, 0.29) is 64.3 Å². The van der Waals surface area contributed by atoms with Crippen LogP contribution in [0.4, 0.5) is 0 Å². The summed E-state index contributed by atoms with van der Waals surface area (Å²) in [5, 5.41) is 37.2. The summed E-state index contributed by atoms with van der Waals surface area (Å²) in [6.07, 6.45) is 9.36. The number of rotatable bonds is 9. The number of nitrogens with zero attached hydrogens (tertiary/aromatic N) is 1. The van der Waals surface area contributed by atoms with Gasteiger partial charge in [-0.2, -0.15) is 5.26 Å². The molecular formula is C35H47N3O7. The van der Waals surface area contributed by atoms with Crippen LogP contribution in [0.2, 0.25) is 0 Å². The summed E-state index contributed by atoms with van der Waals surface area (Å²) in [4.78, 5) is 39.6. The predicted molar refractivity (Wildman–Crippen MR) is 165 cm³/mol. The van der Waals surface area contributed by atoms with Gasteiger partial charge in [0.25, 0.3) is 5.91 Å². The van der Waals surface area contributed by atoms with Gasteiger partial charge in [-0.3, -0.25) is 14.4 Å². The number of benzene rings is 1. The molecule has 0 heterocycles. The van der Waals surface area contributed by atoms with Gasteiger partial charge in [0, 0.05) is 17.6 Å². The normalized spacial score (nSPS) is 38.3. The van der Waals surface area contributed by atoms with Crippen molar-refractivity contribution in [2.75, 3.05) is 7.11 Å². The second-order valence-corrected chi connectivity index (χ2v) is 15.0. The molecule has 5 saturated carbocycles. The first-order chi connectivity index (χ1) is 21.4. The molecule has 0 saturated heterocycles. The molecule has 2 amide bonds. The lowest BCUT2D eigenvalue weighted by Gasteiger charge is -2.45. The lowest BCUT2D eigenvalue weighted by Crippen LogP contribution is -2.59. The van der Waals surface area contributed by atoms with Crippen LogP contribution in [0.3, 0.4) is 0 Å². The maximum absolute atomic E-state index is 14.0. The number of hydrogen-bond donors (Lipinski definition) is 4. The quantitative estimate of drug-likeness (QED) is 0.309. The van der Waals surface area contributed by atoms with Gasteiger partial charge in [-0.1, -0.05) is 6.92 Å². The second-order valence-electron chi connectivity index (χ2n) is 15.0. The van der Waals surface area contributed by atoms with Crippen molar-refractivity contribution in [3.05, 3.63) is 23.3 Å². The van der Waals surface area contributed by atoms with Crippen molar-refractivity contribution in [1.82, 2.24) is 10.6 Å². The van der Waals surface area contributed by atoms with Gasteiger partial charge in [-0.25, -0.2) is 0 Å². The molecule has 1 unspecified atom stereocenters. The van der Waals surface area contributed by atoms with Crippen LogP contribution in [0, 0.1) is 40.4 Å². The van der Waals surface area contributed by atoms with Gasteiger partial charge in [0.2, 0.25) is 5.91 Å². The van der Waals surface area contributed by atoms with Crippen molar-refractivity contribution in [3.63, 3.8) is 0 Å². The number of aliphatic carboxylic acids is 1. The Morgan fingerprint density at radius 3 is 2.42 bits per heavy atom. The van der Waals surface area contributed by atoms with Crippen LogP contribution < -0.4 is 20.1 Å². The van der Waals surface area contributed by atoms with Crippen molar-refractivity contribution in [3.8, 4) is 17.6 Å². The molecule has 10 nitrogen and oxygen atoms in total. The maximum atomic E-state index is 14.0. The minimum atomic E-state index is -0.817. The highest BCUT2D eigenvalue weighted by Gasteiger charge is 2.55. The molecule has 5 aliphatic carbocycles. The number of fused-ring (bicyclic) bond motifs is 4. The number of nitrogens with one attached hydrogen (secondary N) is 2. The van der Waals surface area contributed by atoms with Crippen molar-refractivity contribution in [2.45, 2.75) is 121 Å². The van der Waals surface area contributed by atoms with Crippen LogP contribution in [0.5, 0.6) is 11.5 Å². The lowest BCUT2D eigenvalue weighted by atomic mass is 9.71. The van der Waals surface area contributed by atoms with Crippen LogP contribution in [-0.4, -0.2) is 58.4 Å². The minimum Gasteiger partial charge on any atom is -0.496 e. The molecule has 244 valence electrons. The van der Waals surface area contributed by atoms with Gasteiger partial charge in [-0.15, -0.1) is 0 Å². The third-order valence-electron chi connectivity index (χ3n) is 12.1. The highest BCUT2D eigenvalue weighted by Crippen LogP contribution is 2.52. The van der Waals surface area contributed by atoms with E-state index < -0.39 is 22.5 Å². The molecule has 1 aromatic carbocycles. The van der Waals surface area contributed by atoms with E-state index in [0.29, 0.717) is 38.0 Å². The van der Waals surface area contributed by atoms with E-state index in [4.69, 9.17) is 9.47 Å². The van der Waals surface area contributed by atoms with Crippen LogP contribution >= 0.6 is 0 Å². The first-order valence-electron chi connectivity index (χ1n) is 16.8. The molecule has 0 aromatic heterocycles. The first-order valence-corrected chi connectivity index (χ1v) is 16.8. The number of amides is 2. The zero-order valence-electron chi connectivity index (χ0n) is 26.7. The number of methoxy groups -OCH3 is 1. The molecule has 0 radical (unpaired) electrons. The van der Waals surface area contributed by atoms with Crippen LogP contribution in [0.25, 0.3) is 0 Å². The van der Waals surface area contributed by atoms with E-state index in [1.807, 2.05) is 0 Å². The highest BCUT2D eigenvalue weighted by atomic mass is 16.5. The van der Waals surface area contributed by atoms with Gasteiger partial charge in [0.15, 0.2) is 0 Å². The van der Waals surface area contributed by atoms with Crippen LogP contribution in [-0.2, 0) is 9.59 Å². The van der Waals surface area contributed by atoms with E-state index in [0.717, 1.165) is 51.4 Å². The monoisotopic (exact) mass is 621 g/mol. The lowest BCUT2D eigenvalue weighted by molar-refractivity contribution is -0.150. The van der Waals surface area contributed by atoms with Crippen LogP contribution in [0.15, 0.2) is 12.1 Å². The number of ether oxygens (including phenoxy) is 2. The van der Waals surface area contributed by atoms with Crippen molar-refractivity contribution < 1.29 is 34.1 Å². The fourth-order valence-electron chi connectivity index (χ4n) is 9.54. The molecular weight excluding hydrogens is 574 g/mol. The smallest absolute Gasteiger partial charge is 0.309 e. The van der Waals surface area contributed by atoms with Crippen molar-refractivity contribution >= 4 is 17.8 Å². The van der Waals surface area contributed by atoms with Gasteiger partial charge in [0.05, 0.1) is 41.3 Å². The Balaban J connectivity index is 1.19. The number of nitriles is 1. The SMILES string of the molecule is CC[C@@]1(NC(=O)[C@H]2[C@@H]3CC[C@@H](C3)[C@H]2NC(=O)c2cc(O[C@H]3CC[C@@](C)(C(=O)O)CC3)c(C#N)cc2OC)CC2CC[C@@](O)(C2)C1. The van der Waals surface area contributed by atoms with Gasteiger partial charge in [0.1, 0.15) is 17.6 Å². The fraction of sp³-hybridized carbons (Fsp3) is 0.714. The number of carbonyl (C=O) groups excluding carboxylic acids is 2. The summed E-state index contributed by atoms with van der Waals surface area (Å²) < 4.78 is 11.8. The Hall–Kier alpha value is -3.32. The van der Waals surface area contributed by atoms with Gasteiger partial charge < -0.3 is 30.3 Å². The summed E-state index contributed by atoms with van der Waals surface area (Å²) in [6, 6.07) is 4.86. The molecule has 6 rings (SSSR count). The first kappa shape index (κ1) is 31.7. The fourth-order valence-corrected chi connectivity index (χ4v) is 9.54. The third kappa shape index (κ3) is 5.89. The van der Waals surface area contributed by atoms with Crippen LogP contribution in [0.1, 0.15) is 113 Å². The predicted octanol–water partition coefficient (Wildman–Crippen LogP) is 4.71. The average molecular weight is 622 g/mol. The number of carbonyl (C=O) groups is 3. The minimum absolute atomic E-state index is 0.0271. The number of aliphatic hydroxyl groups is 1. The molecule has 5 fully saturated rings. The topological polar surface area (TPSA) is 158 Å². The molecule has 0 spiro atoms. The second kappa shape index (κ2) is 11.8. The van der Waals surface area contributed by atoms with E-state index >= 15 is 0 Å². The summed E-state index contributed by atoms with van der Waals surface area (Å²) in [5.74, 6) is -0.237. The highest BCUT2D eigenvalue weighted by molar-refractivity contribution is 5.98. The number of carboxylic acids is 1. The number of hydrogen-bond acceptors (Lipinski definition) is 7. The van der Waals surface area contributed by atoms with E-state index in [9.17, 15) is 29.9 Å². The molecule has 4 bridgehead atoms. The molecule has 5 aliphatic rings.